The van der Waals surface area contributed by atoms with Crippen molar-refractivity contribution in [2.75, 3.05) is 6.54 Å². The average Bonchev–Trinajstić information content (AvgIpc) is 3.24. The first-order valence-corrected chi connectivity index (χ1v) is 13.3. The monoisotopic (exact) mass is 501 g/mol. The first-order chi connectivity index (χ1) is 17.9. The number of hydrogen-bond acceptors (Lipinski definition) is 5. The van der Waals surface area contributed by atoms with Crippen molar-refractivity contribution in [1.29, 1.82) is 0 Å². The van der Waals surface area contributed by atoms with Crippen molar-refractivity contribution in [3.8, 4) is 11.1 Å². The Morgan fingerprint density at radius 1 is 1.24 bits per heavy atom. The molecule has 5 aliphatic rings. The van der Waals surface area contributed by atoms with E-state index < -0.39 is 0 Å². The molecule has 7 nitrogen and oxygen atoms in total. The molecule has 2 bridgehead atoms. The lowest BCUT2D eigenvalue weighted by molar-refractivity contribution is -0.249. The molecule has 37 heavy (non-hydrogen) atoms. The van der Waals surface area contributed by atoms with Crippen LogP contribution >= 0.6 is 0 Å². The van der Waals surface area contributed by atoms with Crippen LogP contribution in [-0.4, -0.2) is 50.7 Å². The number of nitrogens with one attached hydrogen (secondary N) is 1. The summed E-state index contributed by atoms with van der Waals surface area (Å²) in [6, 6.07) is 13.3. The van der Waals surface area contributed by atoms with Crippen LogP contribution in [0.4, 0.5) is 4.39 Å². The van der Waals surface area contributed by atoms with E-state index in [2.05, 4.69) is 40.4 Å². The van der Waals surface area contributed by atoms with Gasteiger partial charge >= 0.3 is 0 Å². The minimum atomic E-state index is -0.280. The summed E-state index contributed by atoms with van der Waals surface area (Å²) in [6.45, 7) is 2.96. The van der Waals surface area contributed by atoms with Crippen LogP contribution in [0.2, 0.25) is 0 Å². The summed E-state index contributed by atoms with van der Waals surface area (Å²) in [7, 11) is 1.93. The molecule has 8 heteroatoms. The Morgan fingerprint density at radius 3 is 2.78 bits per heavy atom. The minimum Gasteiger partial charge on any atom is -0.334 e. The summed E-state index contributed by atoms with van der Waals surface area (Å²) in [5, 5.41) is 8.02. The van der Waals surface area contributed by atoms with E-state index in [0.717, 1.165) is 36.8 Å². The third-order valence-electron chi connectivity index (χ3n) is 8.78. The van der Waals surface area contributed by atoms with E-state index in [4.69, 9.17) is 4.74 Å². The van der Waals surface area contributed by atoms with Gasteiger partial charge in [0.2, 0.25) is 5.91 Å². The van der Waals surface area contributed by atoms with Crippen molar-refractivity contribution in [3.63, 3.8) is 0 Å². The van der Waals surface area contributed by atoms with Gasteiger partial charge in [0.15, 0.2) is 6.35 Å². The lowest BCUT2D eigenvalue weighted by Crippen LogP contribution is -2.59. The number of ether oxygens (including phenoxy) is 1. The molecule has 1 amide bonds. The molecule has 2 unspecified atom stereocenters. The van der Waals surface area contributed by atoms with Crippen LogP contribution in [-0.2, 0) is 35.1 Å². The van der Waals surface area contributed by atoms with Crippen molar-refractivity contribution in [1.82, 2.24) is 24.9 Å². The van der Waals surface area contributed by atoms with Crippen molar-refractivity contribution >= 4 is 5.91 Å². The second kappa shape index (κ2) is 8.48. The van der Waals surface area contributed by atoms with Crippen molar-refractivity contribution < 1.29 is 13.9 Å². The fourth-order valence-electron chi connectivity index (χ4n) is 6.50. The van der Waals surface area contributed by atoms with E-state index in [1.807, 2.05) is 29.0 Å². The molecule has 2 aliphatic carbocycles. The van der Waals surface area contributed by atoms with Gasteiger partial charge in [-0.15, -0.1) is 0 Å². The minimum absolute atomic E-state index is 0.103. The van der Waals surface area contributed by atoms with E-state index in [0.29, 0.717) is 19.0 Å². The molecule has 4 fully saturated rings. The predicted octanol–water partition coefficient (Wildman–Crippen LogP) is 3.74. The first kappa shape index (κ1) is 23.1. The molecule has 1 aromatic heterocycles. The van der Waals surface area contributed by atoms with Crippen LogP contribution in [0, 0.1) is 11.7 Å². The fourth-order valence-corrected chi connectivity index (χ4v) is 6.50. The maximum absolute atomic E-state index is 13.7. The number of amides is 1. The number of hydrogen-bond donors (Lipinski definition) is 1. The van der Waals surface area contributed by atoms with Crippen LogP contribution in [0.15, 0.2) is 54.9 Å². The summed E-state index contributed by atoms with van der Waals surface area (Å²) in [5.74, 6) is 0.395. The second-order valence-corrected chi connectivity index (χ2v) is 11.1. The lowest BCUT2D eigenvalue weighted by Gasteiger charge is -2.42. The molecule has 1 saturated carbocycles. The SMILES string of the molecule is C[C@@H](C1CC1)N(Cc1ccc(F)cc1)C(=O)CN1C2N[C@]3(CCc4cc(-c5cnn(C)c5)ccc43)C1O2. The van der Waals surface area contributed by atoms with Gasteiger partial charge < -0.3 is 9.64 Å². The number of aromatic nitrogens is 2. The lowest BCUT2D eigenvalue weighted by atomic mass is 9.90. The zero-order valence-corrected chi connectivity index (χ0v) is 21.2. The number of carbonyl (C=O) groups is 1. The van der Waals surface area contributed by atoms with Crippen molar-refractivity contribution in [2.24, 2.45) is 13.0 Å². The van der Waals surface area contributed by atoms with Crippen LogP contribution < -0.4 is 5.32 Å². The molecule has 1 spiro atoms. The molecule has 8 rings (SSSR count). The molecule has 1 N–H and O–H groups in total. The normalized spacial score (nSPS) is 26.8. The smallest absolute Gasteiger partial charge is 0.237 e. The second-order valence-electron chi connectivity index (χ2n) is 11.1. The highest BCUT2D eigenvalue weighted by atomic mass is 19.1. The summed E-state index contributed by atoms with van der Waals surface area (Å²) < 4.78 is 21.5. The van der Waals surface area contributed by atoms with Gasteiger partial charge in [0, 0.05) is 31.4 Å². The summed E-state index contributed by atoms with van der Waals surface area (Å²) in [5.41, 5.74) is 5.57. The van der Waals surface area contributed by atoms with Crippen LogP contribution in [0.1, 0.15) is 42.9 Å². The Morgan fingerprint density at radius 2 is 2.05 bits per heavy atom. The number of aryl methyl sites for hydroxylation is 2. The molecule has 3 saturated heterocycles. The maximum atomic E-state index is 13.7. The van der Waals surface area contributed by atoms with Gasteiger partial charge in [-0.2, -0.15) is 5.10 Å². The molecule has 2 aromatic carbocycles. The van der Waals surface area contributed by atoms with Crippen LogP contribution in [0.3, 0.4) is 0 Å². The highest BCUT2D eigenvalue weighted by Gasteiger charge is 2.64. The van der Waals surface area contributed by atoms with Gasteiger partial charge in [0.1, 0.15) is 12.0 Å². The molecular formula is C29H32FN5O2. The number of benzene rings is 2. The Balaban J connectivity index is 1.09. The van der Waals surface area contributed by atoms with E-state index in [-0.39, 0.29) is 35.9 Å². The van der Waals surface area contributed by atoms with Gasteiger partial charge in [-0.05, 0) is 72.9 Å². The molecule has 3 aliphatic heterocycles. The molecule has 3 aromatic rings. The highest BCUT2D eigenvalue weighted by molar-refractivity contribution is 5.79. The van der Waals surface area contributed by atoms with E-state index >= 15 is 0 Å². The fraction of sp³-hybridized carbons (Fsp3) is 0.448. The van der Waals surface area contributed by atoms with Crippen LogP contribution in [0.5, 0.6) is 0 Å². The molecule has 4 atom stereocenters. The standard InChI is InChI=1S/C29H32FN5O2/c1-18(20-5-6-20)34(15-19-3-8-24(30)9-4-19)26(36)17-35-27-29(32-28(35)37-27)12-11-22-13-21(7-10-25(22)29)23-14-31-33(2)16-23/h3-4,7-10,13-14,16,18,20,27-28,32H,5-6,11-12,15,17H2,1-2H3/t18-,27?,28?,29-/m0/s1. The quantitative estimate of drug-likeness (QED) is 0.535. The number of nitrogens with zero attached hydrogens (tertiary/aromatic N) is 4. The maximum Gasteiger partial charge on any atom is 0.237 e. The Hall–Kier alpha value is -3.07. The van der Waals surface area contributed by atoms with Gasteiger partial charge in [-0.1, -0.05) is 30.3 Å². The third kappa shape index (κ3) is 3.81. The van der Waals surface area contributed by atoms with Crippen molar-refractivity contribution in [2.45, 2.75) is 63.3 Å². The summed E-state index contributed by atoms with van der Waals surface area (Å²) in [4.78, 5) is 17.8. The summed E-state index contributed by atoms with van der Waals surface area (Å²) >= 11 is 0. The van der Waals surface area contributed by atoms with Crippen LogP contribution in [0.25, 0.3) is 11.1 Å². The molecule has 192 valence electrons. The van der Waals surface area contributed by atoms with E-state index in [1.54, 1.807) is 12.1 Å². The number of rotatable bonds is 7. The summed E-state index contributed by atoms with van der Waals surface area (Å²) in [6.07, 6.45) is 7.77. The van der Waals surface area contributed by atoms with E-state index in [1.165, 1.54) is 28.8 Å². The number of halogens is 1. The predicted molar refractivity (Wildman–Crippen MR) is 136 cm³/mol. The van der Waals surface area contributed by atoms with Gasteiger partial charge in [-0.25, -0.2) is 9.29 Å². The first-order valence-electron chi connectivity index (χ1n) is 13.3. The zero-order valence-electron chi connectivity index (χ0n) is 21.2. The molecule has 0 radical (unpaired) electrons. The highest BCUT2D eigenvalue weighted by Crippen LogP contribution is 2.52. The third-order valence-corrected chi connectivity index (χ3v) is 8.78. The Bertz CT molecular complexity index is 1350. The number of carbonyl (C=O) groups excluding carboxylic acids is 1. The topological polar surface area (TPSA) is 62.6 Å². The largest absolute Gasteiger partial charge is 0.334 e. The average molecular weight is 502 g/mol. The zero-order chi connectivity index (χ0) is 25.3. The van der Waals surface area contributed by atoms with Crippen molar-refractivity contribution in [3.05, 3.63) is 77.4 Å². The number of fused-ring (bicyclic) bond motifs is 1. The Labute approximate surface area is 216 Å². The van der Waals surface area contributed by atoms with Gasteiger partial charge in [0.25, 0.3) is 0 Å². The Kier molecular flexibility index (Phi) is 5.29. The van der Waals surface area contributed by atoms with Gasteiger partial charge in [0.05, 0.1) is 18.3 Å². The molecular weight excluding hydrogens is 469 g/mol. The van der Waals surface area contributed by atoms with Gasteiger partial charge in [-0.3, -0.25) is 14.8 Å². The molecule has 4 heterocycles. The van der Waals surface area contributed by atoms with E-state index in [9.17, 15) is 9.18 Å².